The van der Waals surface area contributed by atoms with E-state index >= 15 is 0 Å². The van der Waals surface area contributed by atoms with E-state index in [9.17, 15) is 0 Å². The lowest BCUT2D eigenvalue weighted by Crippen LogP contribution is -2.23. The Labute approximate surface area is 115 Å². The molecule has 0 unspecified atom stereocenters. The quantitative estimate of drug-likeness (QED) is 0.856. The Bertz CT molecular complexity index is 359. The third-order valence-corrected chi connectivity index (χ3v) is 3.24. The minimum atomic E-state index is 0.331. The van der Waals surface area contributed by atoms with Gasteiger partial charge in [0.1, 0.15) is 0 Å². The van der Waals surface area contributed by atoms with E-state index < -0.39 is 0 Å². The Kier molecular flexibility index (Phi) is 5.76. The van der Waals surface area contributed by atoms with E-state index in [1.54, 1.807) is 0 Å². The van der Waals surface area contributed by atoms with Crippen LogP contribution in [0.25, 0.3) is 0 Å². The molecule has 1 aliphatic rings. The summed E-state index contributed by atoms with van der Waals surface area (Å²) in [7, 11) is 0. The molecule has 0 bridgehead atoms. The van der Waals surface area contributed by atoms with Crippen LogP contribution in [0, 0.1) is 0 Å². The molecule has 19 heavy (non-hydrogen) atoms. The maximum absolute atomic E-state index is 5.85. The molecule has 1 fully saturated rings. The van der Waals surface area contributed by atoms with Gasteiger partial charge in [-0.25, -0.2) is 0 Å². The second kappa shape index (κ2) is 7.58. The maximum atomic E-state index is 5.85. The van der Waals surface area contributed by atoms with Gasteiger partial charge >= 0.3 is 0 Å². The third-order valence-electron chi connectivity index (χ3n) is 3.24. The summed E-state index contributed by atoms with van der Waals surface area (Å²) in [6.45, 7) is 7.39. The van der Waals surface area contributed by atoms with Gasteiger partial charge in [-0.2, -0.15) is 0 Å². The van der Waals surface area contributed by atoms with Crippen molar-refractivity contribution in [2.24, 2.45) is 0 Å². The summed E-state index contributed by atoms with van der Waals surface area (Å²) in [6, 6.07) is 4.67. The summed E-state index contributed by atoms with van der Waals surface area (Å²) in [5.41, 5.74) is 2.21. The van der Waals surface area contributed by atoms with Crippen LogP contribution in [0.4, 0.5) is 0 Å². The van der Waals surface area contributed by atoms with Crippen molar-refractivity contribution < 1.29 is 9.47 Å². The lowest BCUT2D eigenvalue weighted by atomic mass is 10.1. The highest BCUT2D eigenvalue weighted by atomic mass is 16.5. The van der Waals surface area contributed by atoms with Gasteiger partial charge in [0.2, 0.25) is 0 Å². The van der Waals surface area contributed by atoms with E-state index in [1.165, 1.54) is 5.56 Å². The molecule has 2 rings (SSSR count). The van der Waals surface area contributed by atoms with Crippen LogP contribution in [0.5, 0.6) is 0 Å². The van der Waals surface area contributed by atoms with Crippen LogP contribution in [0.15, 0.2) is 18.3 Å². The van der Waals surface area contributed by atoms with Crippen LogP contribution < -0.4 is 5.32 Å². The number of ether oxygens (including phenoxy) is 2. The molecule has 2 heterocycles. The molecule has 0 aromatic carbocycles. The van der Waals surface area contributed by atoms with Crippen molar-refractivity contribution in [3.8, 4) is 0 Å². The van der Waals surface area contributed by atoms with Crippen molar-refractivity contribution in [2.75, 3.05) is 13.2 Å². The monoisotopic (exact) mass is 264 g/mol. The van der Waals surface area contributed by atoms with E-state index in [0.717, 1.165) is 38.3 Å². The van der Waals surface area contributed by atoms with E-state index in [2.05, 4.69) is 36.3 Å². The summed E-state index contributed by atoms with van der Waals surface area (Å²) in [5.74, 6) is 0. The Hall–Kier alpha value is -0.970. The minimum Gasteiger partial charge on any atom is -0.381 e. The summed E-state index contributed by atoms with van der Waals surface area (Å²) < 4.78 is 11.2. The van der Waals surface area contributed by atoms with Crippen molar-refractivity contribution in [1.82, 2.24) is 10.3 Å². The van der Waals surface area contributed by atoms with Crippen LogP contribution in [-0.2, 0) is 22.6 Å². The third kappa shape index (κ3) is 5.27. The highest BCUT2D eigenvalue weighted by Crippen LogP contribution is 2.12. The van der Waals surface area contributed by atoms with Gasteiger partial charge in [-0.15, -0.1) is 0 Å². The number of hydrogen-bond acceptors (Lipinski definition) is 4. The van der Waals surface area contributed by atoms with Crippen LogP contribution in [0.3, 0.4) is 0 Å². The second-order valence-corrected chi connectivity index (χ2v) is 5.32. The molecule has 0 saturated carbocycles. The summed E-state index contributed by atoms with van der Waals surface area (Å²) in [6.07, 6.45) is 4.25. The first-order valence-electron chi connectivity index (χ1n) is 7.10. The van der Waals surface area contributed by atoms with Crippen LogP contribution in [0.2, 0.25) is 0 Å². The van der Waals surface area contributed by atoms with Crippen LogP contribution in [0.1, 0.15) is 37.9 Å². The highest BCUT2D eigenvalue weighted by molar-refractivity contribution is 5.13. The molecule has 4 heteroatoms. The first kappa shape index (κ1) is 14.4. The zero-order valence-corrected chi connectivity index (χ0v) is 11.9. The smallest absolute Gasteiger partial charge is 0.0891 e. The standard InChI is InChI=1S/C15H24N2O2/c1-12(2)16-9-13-3-4-14(17-10-13)11-19-15-5-7-18-8-6-15/h3-4,10,12,15-16H,5-9,11H2,1-2H3. The van der Waals surface area contributed by atoms with Crippen molar-refractivity contribution >= 4 is 0 Å². The Morgan fingerprint density at radius 3 is 2.79 bits per heavy atom. The summed E-state index contributed by atoms with van der Waals surface area (Å²) in [5, 5.41) is 3.38. The maximum Gasteiger partial charge on any atom is 0.0891 e. The molecule has 1 N–H and O–H groups in total. The topological polar surface area (TPSA) is 43.4 Å². The summed E-state index contributed by atoms with van der Waals surface area (Å²) in [4.78, 5) is 4.44. The van der Waals surface area contributed by atoms with Crippen LogP contribution in [-0.4, -0.2) is 30.3 Å². The largest absolute Gasteiger partial charge is 0.381 e. The molecule has 0 spiro atoms. The Morgan fingerprint density at radius 1 is 1.37 bits per heavy atom. The minimum absolute atomic E-state index is 0.331. The molecule has 1 saturated heterocycles. The molecule has 1 aromatic rings. The van der Waals surface area contributed by atoms with E-state index in [-0.39, 0.29) is 0 Å². The average molecular weight is 264 g/mol. The van der Waals surface area contributed by atoms with Gasteiger partial charge in [-0.05, 0) is 24.5 Å². The predicted octanol–water partition coefficient (Wildman–Crippen LogP) is 2.28. The predicted molar refractivity (Wildman–Crippen MR) is 74.8 cm³/mol. The zero-order valence-electron chi connectivity index (χ0n) is 11.9. The van der Waals surface area contributed by atoms with E-state index in [1.807, 2.05) is 6.20 Å². The van der Waals surface area contributed by atoms with Crippen molar-refractivity contribution in [3.05, 3.63) is 29.6 Å². The first-order chi connectivity index (χ1) is 9.24. The lowest BCUT2D eigenvalue weighted by Gasteiger charge is -2.22. The number of nitrogens with one attached hydrogen (secondary N) is 1. The number of nitrogens with zero attached hydrogens (tertiary/aromatic N) is 1. The molecule has 0 atom stereocenters. The molecule has 1 aromatic heterocycles. The molecular weight excluding hydrogens is 240 g/mol. The fourth-order valence-electron chi connectivity index (χ4n) is 2.01. The van der Waals surface area contributed by atoms with Gasteiger partial charge in [-0.3, -0.25) is 4.98 Å². The number of rotatable bonds is 6. The lowest BCUT2D eigenvalue weighted by molar-refractivity contribution is -0.0399. The molecule has 106 valence electrons. The van der Waals surface area contributed by atoms with Gasteiger partial charge in [0.25, 0.3) is 0 Å². The summed E-state index contributed by atoms with van der Waals surface area (Å²) >= 11 is 0. The first-order valence-corrected chi connectivity index (χ1v) is 7.10. The zero-order chi connectivity index (χ0) is 13.5. The fourth-order valence-corrected chi connectivity index (χ4v) is 2.01. The van der Waals surface area contributed by atoms with Gasteiger partial charge in [0.05, 0.1) is 18.4 Å². The number of pyridine rings is 1. The normalized spacial score (nSPS) is 17.0. The highest BCUT2D eigenvalue weighted by Gasteiger charge is 2.14. The molecule has 1 aliphatic heterocycles. The molecular formula is C15H24N2O2. The van der Waals surface area contributed by atoms with Crippen molar-refractivity contribution in [2.45, 2.75) is 52.0 Å². The van der Waals surface area contributed by atoms with Gasteiger partial charge < -0.3 is 14.8 Å². The van der Waals surface area contributed by atoms with E-state index in [0.29, 0.717) is 18.8 Å². The van der Waals surface area contributed by atoms with Gasteiger partial charge in [0, 0.05) is 32.0 Å². The molecule has 0 radical (unpaired) electrons. The van der Waals surface area contributed by atoms with Crippen molar-refractivity contribution in [1.29, 1.82) is 0 Å². The Balaban J connectivity index is 1.74. The molecule has 4 nitrogen and oxygen atoms in total. The van der Waals surface area contributed by atoms with Gasteiger partial charge in [-0.1, -0.05) is 19.9 Å². The van der Waals surface area contributed by atoms with E-state index in [4.69, 9.17) is 9.47 Å². The van der Waals surface area contributed by atoms with Crippen LogP contribution >= 0.6 is 0 Å². The SMILES string of the molecule is CC(C)NCc1ccc(COC2CCOCC2)nc1. The molecule has 0 aliphatic carbocycles. The molecule has 0 amide bonds. The number of aromatic nitrogens is 1. The average Bonchev–Trinajstić information content (AvgIpc) is 2.45. The second-order valence-electron chi connectivity index (χ2n) is 5.32. The van der Waals surface area contributed by atoms with Crippen molar-refractivity contribution in [3.63, 3.8) is 0 Å². The van der Waals surface area contributed by atoms with Gasteiger partial charge in [0.15, 0.2) is 0 Å². The number of hydrogen-bond donors (Lipinski definition) is 1. The Morgan fingerprint density at radius 2 is 2.16 bits per heavy atom. The fraction of sp³-hybridized carbons (Fsp3) is 0.667.